The first-order valence-electron chi connectivity index (χ1n) is 11.3. The highest BCUT2D eigenvalue weighted by Gasteiger charge is 2.29. The van der Waals surface area contributed by atoms with Crippen molar-refractivity contribution in [2.24, 2.45) is 5.92 Å². The Labute approximate surface area is 189 Å². The fourth-order valence-corrected chi connectivity index (χ4v) is 4.05. The van der Waals surface area contributed by atoms with E-state index in [2.05, 4.69) is 51.4 Å². The van der Waals surface area contributed by atoms with Crippen molar-refractivity contribution in [1.29, 1.82) is 0 Å². The lowest BCUT2D eigenvalue weighted by atomic mass is 9.96. The molecule has 0 bridgehead atoms. The number of carbonyl (C=O) groups is 1. The summed E-state index contributed by atoms with van der Waals surface area (Å²) in [4.78, 5) is 24.0. The summed E-state index contributed by atoms with van der Waals surface area (Å²) in [5.41, 5.74) is 1.30. The number of para-hydroxylation sites is 1. The maximum Gasteiger partial charge on any atom is 0.263 e. The molecule has 0 saturated carbocycles. The SMILES string of the molecule is C[C@@H](CCc1ccccc1)NC(=O)[C@H]1CCCN(c2nccnc2Oc2ccccc2)C1. The van der Waals surface area contributed by atoms with Crippen molar-refractivity contribution in [3.05, 3.63) is 78.6 Å². The third-order valence-electron chi connectivity index (χ3n) is 5.79. The van der Waals surface area contributed by atoms with Gasteiger partial charge in [0.05, 0.1) is 5.92 Å². The van der Waals surface area contributed by atoms with Crippen LogP contribution in [0.15, 0.2) is 73.1 Å². The molecule has 1 aliphatic heterocycles. The number of nitrogens with one attached hydrogen (secondary N) is 1. The summed E-state index contributed by atoms with van der Waals surface area (Å²) in [6.07, 6.45) is 6.98. The van der Waals surface area contributed by atoms with E-state index >= 15 is 0 Å². The van der Waals surface area contributed by atoms with Gasteiger partial charge in [0.1, 0.15) is 5.75 Å². The van der Waals surface area contributed by atoms with Crippen LogP contribution >= 0.6 is 0 Å². The van der Waals surface area contributed by atoms with E-state index < -0.39 is 0 Å². The normalized spacial score (nSPS) is 16.9. The summed E-state index contributed by atoms with van der Waals surface area (Å²) < 4.78 is 5.98. The Morgan fingerprint density at radius 2 is 1.81 bits per heavy atom. The number of hydrogen-bond donors (Lipinski definition) is 1. The second kappa shape index (κ2) is 10.8. The van der Waals surface area contributed by atoms with Crippen LogP contribution < -0.4 is 15.0 Å². The number of aromatic nitrogens is 2. The van der Waals surface area contributed by atoms with E-state index in [1.807, 2.05) is 36.4 Å². The molecule has 166 valence electrons. The Hall–Kier alpha value is -3.41. The molecule has 1 fully saturated rings. The summed E-state index contributed by atoms with van der Waals surface area (Å²) in [5, 5.41) is 3.21. The van der Waals surface area contributed by atoms with Crippen LogP contribution in [0, 0.1) is 5.92 Å². The number of rotatable bonds is 8. The molecular weight excluding hydrogens is 400 g/mol. The fraction of sp³-hybridized carbons (Fsp3) is 0.346. The van der Waals surface area contributed by atoms with Gasteiger partial charge in [0.2, 0.25) is 5.91 Å². The number of anilines is 1. The molecule has 1 amide bonds. The van der Waals surface area contributed by atoms with Crippen LogP contribution in [-0.2, 0) is 11.2 Å². The zero-order chi connectivity index (χ0) is 22.2. The average molecular weight is 431 g/mol. The molecule has 0 unspecified atom stereocenters. The van der Waals surface area contributed by atoms with E-state index in [9.17, 15) is 4.79 Å². The van der Waals surface area contributed by atoms with E-state index in [1.54, 1.807) is 12.4 Å². The minimum atomic E-state index is -0.0745. The van der Waals surface area contributed by atoms with Crippen LogP contribution in [0.4, 0.5) is 5.82 Å². The largest absolute Gasteiger partial charge is 0.436 e. The molecule has 4 rings (SSSR count). The summed E-state index contributed by atoms with van der Waals surface area (Å²) in [6.45, 7) is 3.52. The van der Waals surface area contributed by atoms with Gasteiger partial charge in [-0.05, 0) is 50.3 Å². The third kappa shape index (κ3) is 5.84. The fourth-order valence-electron chi connectivity index (χ4n) is 4.05. The van der Waals surface area contributed by atoms with Crippen LogP contribution in [-0.4, -0.2) is 35.0 Å². The van der Waals surface area contributed by atoms with Crippen LogP contribution in [0.1, 0.15) is 31.7 Å². The number of nitrogens with zero attached hydrogens (tertiary/aromatic N) is 3. The van der Waals surface area contributed by atoms with Gasteiger partial charge < -0.3 is 15.0 Å². The van der Waals surface area contributed by atoms with E-state index in [4.69, 9.17) is 4.74 Å². The van der Waals surface area contributed by atoms with Gasteiger partial charge in [0.25, 0.3) is 5.88 Å². The predicted octanol–water partition coefficient (Wildman–Crippen LogP) is 4.62. The van der Waals surface area contributed by atoms with E-state index in [0.29, 0.717) is 24.0 Å². The number of amides is 1. The van der Waals surface area contributed by atoms with Gasteiger partial charge in [-0.2, -0.15) is 0 Å². The zero-order valence-corrected chi connectivity index (χ0v) is 18.5. The molecule has 6 nitrogen and oxygen atoms in total. The monoisotopic (exact) mass is 430 g/mol. The summed E-state index contributed by atoms with van der Waals surface area (Å²) in [7, 11) is 0. The Morgan fingerprint density at radius 1 is 1.09 bits per heavy atom. The second-order valence-corrected chi connectivity index (χ2v) is 8.32. The standard InChI is InChI=1S/C26H30N4O2/c1-20(14-15-21-9-4-2-5-10-21)29-25(31)22-11-8-18-30(19-22)24-26(28-17-16-27-24)32-23-12-6-3-7-13-23/h2-7,9-10,12-13,16-17,20,22H,8,11,14-15,18-19H2,1H3,(H,29,31)/t20-,22-/m0/s1. The van der Waals surface area contributed by atoms with Gasteiger partial charge in [0, 0.05) is 31.5 Å². The molecule has 32 heavy (non-hydrogen) atoms. The van der Waals surface area contributed by atoms with Gasteiger partial charge >= 0.3 is 0 Å². The van der Waals surface area contributed by atoms with Gasteiger partial charge in [-0.3, -0.25) is 4.79 Å². The van der Waals surface area contributed by atoms with Crippen molar-refractivity contribution in [1.82, 2.24) is 15.3 Å². The Bertz CT molecular complexity index is 997. The quantitative estimate of drug-likeness (QED) is 0.565. The first-order valence-corrected chi connectivity index (χ1v) is 11.3. The zero-order valence-electron chi connectivity index (χ0n) is 18.5. The lowest BCUT2D eigenvalue weighted by Crippen LogP contribution is -2.45. The average Bonchev–Trinajstić information content (AvgIpc) is 2.84. The summed E-state index contributed by atoms with van der Waals surface area (Å²) in [6, 6.07) is 20.1. The molecule has 2 aromatic carbocycles. The first kappa shape index (κ1) is 21.8. The van der Waals surface area contributed by atoms with Gasteiger partial charge in [-0.1, -0.05) is 48.5 Å². The maximum atomic E-state index is 13.0. The highest BCUT2D eigenvalue weighted by atomic mass is 16.5. The van der Waals surface area contributed by atoms with Crippen molar-refractivity contribution in [2.75, 3.05) is 18.0 Å². The van der Waals surface area contributed by atoms with Crippen LogP contribution in [0.3, 0.4) is 0 Å². The van der Waals surface area contributed by atoms with Gasteiger partial charge in [-0.15, -0.1) is 0 Å². The van der Waals surface area contributed by atoms with Crippen LogP contribution in [0.25, 0.3) is 0 Å². The minimum absolute atomic E-state index is 0.0745. The second-order valence-electron chi connectivity index (χ2n) is 8.32. The Balaban J connectivity index is 1.35. The summed E-state index contributed by atoms with van der Waals surface area (Å²) in [5.74, 6) is 1.91. The molecule has 6 heteroatoms. The molecule has 1 N–H and O–H groups in total. The van der Waals surface area contributed by atoms with Crippen molar-refractivity contribution in [3.63, 3.8) is 0 Å². The third-order valence-corrected chi connectivity index (χ3v) is 5.79. The van der Waals surface area contributed by atoms with Crippen molar-refractivity contribution in [3.8, 4) is 11.6 Å². The van der Waals surface area contributed by atoms with Crippen molar-refractivity contribution < 1.29 is 9.53 Å². The van der Waals surface area contributed by atoms with E-state index in [1.165, 1.54) is 5.56 Å². The lowest BCUT2D eigenvalue weighted by molar-refractivity contribution is -0.125. The molecule has 0 aliphatic carbocycles. The van der Waals surface area contributed by atoms with Gasteiger partial charge in [0.15, 0.2) is 5.82 Å². The smallest absolute Gasteiger partial charge is 0.263 e. The molecule has 3 aromatic rings. The number of piperidine rings is 1. The molecular formula is C26H30N4O2. The summed E-state index contributed by atoms with van der Waals surface area (Å²) >= 11 is 0. The number of aryl methyl sites for hydroxylation is 1. The molecule has 2 atom stereocenters. The van der Waals surface area contributed by atoms with Crippen molar-refractivity contribution >= 4 is 11.7 Å². The lowest BCUT2D eigenvalue weighted by Gasteiger charge is -2.33. The molecule has 0 radical (unpaired) electrons. The van der Waals surface area contributed by atoms with Gasteiger partial charge in [-0.25, -0.2) is 9.97 Å². The highest BCUT2D eigenvalue weighted by molar-refractivity contribution is 5.80. The number of hydrogen-bond acceptors (Lipinski definition) is 5. The Morgan fingerprint density at radius 3 is 2.59 bits per heavy atom. The van der Waals surface area contributed by atoms with Crippen LogP contribution in [0.5, 0.6) is 11.6 Å². The molecule has 1 aliphatic rings. The highest BCUT2D eigenvalue weighted by Crippen LogP contribution is 2.31. The molecule has 1 aromatic heterocycles. The molecule has 1 saturated heterocycles. The predicted molar refractivity (Wildman–Crippen MR) is 126 cm³/mol. The molecule has 0 spiro atoms. The number of carbonyl (C=O) groups excluding carboxylic acids is 1. The number of benzene rings is 2. The van der Waals surface area contributed by atoms with E-state index in [0.717, 1.165) is 32.2 Å². The Kier molecular flexibility index (Phi) is 7.33. The number of ether oxygens (including phenoxy) is 1. The van der Waals surface area contributed by atoms with E-state index in [-0.39, 0.29) is 17.9 Å². The molecule has 2 heterocycles. The van der Waals surface area contributed by atoms with Crippen molar-refractivity contribution in [2.45, 2.75) is 38.6 Å². The van der Waals surface area contributed by atoms with Crippen LogP contribution in [0.2, 0.25) is 0 Å². The maximum absolute atomic E-state index is 13.0. The first-order chi connectivity index (χ1) is 15.7. The minimum Gasteiger partial charge on any atom is -0.436 e. The topological polar surface area (TPSA) is 67.4 Å².